The van der Waals surface area contributed by atoms with Crippen molar-refractivity contribution in [2.24, 2.45) is 0 Å². The molecule has 0 rings (SSSR count). The summed E-state index contributed by atoms with van der Waals surface area (Å²) in [4.78, 5) is 0. The van der Waals surface area contributed by atoms with Crippen LogP contribution >= 0.6 is 11.6 Å². The molecule has 0 saturated heterocycles. The van der Waals surface area contributed by atoms with Crippen LogP contribution in [0.2, 0.25) is 0 Å². The number of halogens is 1. The molecule has 6 heteroatoms. The molecule has 9 heavy (non-hydrogen) atoms. The number of hydrogen-bond acceptors (Lipinski definition) is 2. The molecule has 0 fully saturated rings. The molecule has 3 nitrogen and oxygen atoms in total. The fraction of sp³-hybridized carbons (Fsp3) is 0.333. The van der Waals surface area contributed by atoms with Gasteiger partial charge in [-0.05, 0) is 0 Å². The van der Waals surface area contributed by atoms with Gasteiger partial charge in [-0.2, -0.15) is 0 Å². The third-order valence-corrected chi connectivity index (χ3v) is 1.28. The smallest absolute Gasteiger partial charge is 0.760 e. The summed E-state index contributed by atoms with van der Waals surface area (Å²) in [5, 5.41) is 0. The van der Waals surface area contributed by atoms with Crippen LogP contribution in [-0.4, -0.2) is 14.3 Å². The van der Waals surface area contributed by atoms with Crippen molar-refractivity contribution in [3.63, 3.8) is 0 Å². The first-order valence-electron chi connectivity index (χ1n) is 1.79. The summed E-state index contributed by atoms with van der Waals surface area (Å²) in [6, 6.07) is 0. The predicted octanol–water partition coefficient (Wildman–Crippen LogP) is -2.87. The SMILES string of the molecule is C=CC(Cl)NS(=O)[O-].[Na+]. The molecule has 0 radical (unpaired) electrons. The quantitative estimate of drug-likeness (QED) is 0.166. The van der Waals surface area contributed by atoms with Crippen LogP contribution < -0.4 is 34.3 Å². The molecule has 0 bridgehead atoms. The zero-order valence-corrected chi connectivity index (χ0v) is 8.54. The van der Waals surface area contributed by atoms with E-state index in [1.807, 2.05) is 4.72 Å². The first kappa shape index (κ1) is 12.7. The summed E-state index contributed by atoms with van der Waals surface area (Å²) in [5.74, 6) is 0. The molecule has 0 amide bonds. The predicted molar refractivity (Wildman–Crippen MR) is 31.9 cm³/mol. The van der Waals surface area contributed by atoms with Gasteiger partial charge in [0.05, 0.1) is 0 Å². The van der Waals surface area contributed by atoms with E-state index in [-0.39, 0.29) is 29.6 Å². The number of alkyl halides is 1. The molecule has 1 N–H and O–H groups in total. The second kappa shape index (κ2) is 7.21. The molecule has 0 aromatic heterocycles. The van der Waals surface area contributed by atoms with Gasteiger partial charge in [0, 0.05) is 11.3 Å². The Bertz CT molecular complexity index is 112. The molecule has 0 aliphatic rings. The fourth-order valence-electron chi connectivity index (χ4n) is 0.140. The van der Waals surface area contributed by atoms with Gasteiger partial charge in [-0.15, -0.1) is 18.2 Å². The Hall–Kier alpha value is 1.10. The topological polar surface area (TPSA) is 52.2 Å². The van der Waals surface area contributed by atoms with Crippen molar-refractivity contribution in [3.05, 3.63) is 12.7 Å². The molecule has 0 saturated carbocycles. The minimum absolute atomic E-state index is 0. The van der Waals surface area contributed by atoms with Crippen LogP contribution in [0.4, 0.5) is 0 Å². The van der Waals surface area contributed by atoms with Crippen LogP contribution in [0.1, 0.15) is 0 Å². The fourth-order valence-corrected chi connectivity index (χ4v) is 0.638. The van der Waals surface area contributed by atoms with E-state index in [1.165, 1.54) is 6.08 Å². The molecule has 0 aromatic carbocycles. The second-order valence-electron chi connectivity index (χ2n) is 0.990. The van der Waals surface area contributed by atoms with Gasteiger partial charge in [0.25, 0.3) is 0 Å². The summed E-state index contributed by atoms with van der Waals surface area (Å²) in [6.45, 7) is 3.25. The minimum Gasteiger partial charge on any atom is -0.760 e. The van der Waals surface area contributed by atoms with Crippen molar-refractivity contribution < 1.29 is 38.3 Å². The summed E-state index contributed by atoms with van der Waals surface area (Å²) >= 11 is 2.94. The second-order valence-corrected chi connectivity index (χ2v) is 2.17. The maximum absolute atomic E-state index is 9.73. The van der Waals surface area contributed by atoms with Gasteiger partial charge in [-0.3, -0.25) is 4.21 Å². The average Bonchev–Trinajstić information content (AvgIpc) is 1.65. The molecule has 2 unspecified atom stereocenters. The van der Waals surface area contributed by atoms with E-state index in [4.69, 9.17) is 11.6 Å². The van der Waals surface area contributed by atoms with E-state index in [2.05, 4.69) is 6.58 Å². The van der Waals surface area contributed by atoms with E-state index in [1.54, 1.807) is 0 Å². The molecular formula is C3H5ClNNaO2S. The van der Waals surface area contributed by atoms with Gasteiger partial charge in [-0.1, -0.05) is 6.08 Å². The summed E-state index contributed by atoms with van der Waals surface area (Å²) < 4.78 is 21.4. The van der Waals surface area contributed by atoms with Crippen molar-refractivity contribution in [1.82, 2.24) is 4.72 Å². The Morgan fingerprint density at radius 2 is 2.33 bits per heavy atom. The first-order chi connectivity index (χ1) is 3.66. The Morgan fingerprint density at radius 1 is 1.89 bits per heavy atom. The molecule has 2 atom stereocenters. The average molecular weight is 178 g/mol. The van der Waals surface area contributed by atoms with E-state index >= 15 is 0 Å². The number of nitrogens with one attached hydrogen (secondary N) is 1. The van der Waals surface area contributed by atoms with Gasteiger partial charge in [0.2, 0.25) is 0 Å². The number of hydrogen-bond donors (Lipinski definition) is 1. The van der Waals surface area contributed by atoms with Gasteiger partial charge in [0.1, 0.15) is 5.50 Å². The molecule has 0 aliphatic carbocycles. The number of rotatable bonds is 3. The van der Waals surface area contributed by atoms with Gasteiger partial charge in [-0.25, -0.2) is 4.72 Å². The Morgan fingerprint density at radius 3 is 2.44 bits per heavy atom. The monoisotopic (exact) mass is 177 g/mol. The van der Waals surface area contributed by atoms with Crippen molar-refractivity contribution >= 4 is 22.9 Å². The maximum Gasteiger partial charge on any atom is 1.00 e. The van der Waals surface area contributed by atoms with Crippen LogP contribution in [0.15, 0.2) is 12.7 Å². The zero-order chi connectivity index (χ0) is 6.57. The third kappa shape index (κ3) is 9.10. The molecule has 0 aromatic rings. The van der Waals surface area contributed by atoms with Crippen LogP contribution in [0.25, 0.3) is 0 Å². The van der Waals surface area contributed by atoms with Gasteiger partial charge < -0.3 is 4.55 Å². The van der Waals surface area contributed by atoms with Crippen molar-refractivity contribution in [3.8, 4) is 0 Å². The minimum atomic E-state index is -2.30. The first-order valence-corrected chi connectivity index (χ1v) is 3.30. The van der Waals surface area contributed by atoms with Crippen molar-refractivity contribution in [2.75, 3.05) is 0 Å². The Kier molecular flexibility index (Phi) is 10.2. The summed E-state index contributed by atoms with van der Waals surface area (Å²) in [5.41, 5.74) is -0.701. The van der Waals surface area contributed by atoms with E-state index < -0.39 is 16.8 Å². The van der Waals surface area contributed by atoms with Gasteiger partial charge >= 0.3 is 29.6 Å². The van der Waals surface area contributed by atoms with Crippen LogP contribution in [0.3, 0.4) is 0 Å². The molecule has 0 heterocycles. The molecule has 0 aliphatic heterocycles. The van der Waals surface area contributed by atoms with E-state index in [0.717, 1.165) is 0 Å². The summed E-state index contributed by atoms with van der Waals surface area (Å²) in [6.07, 6.45) is 1.28. The standard InChI is InChI=1S/C3H6ClNO2S.Na/c1-2-3(4)5-8(6)7;/h2-3,5H,1H2,(H,6,7);/q;+1/p-1. The normalized spacial score (nSPS) is 15.3. The van der Waals surface area contributed by atoms with Crippen LogP contribution in [-0.2, 0) is 11.3 Å². The zero-order valence-electron chi connectivity index (χ0n) is 4.96. The molecular weight excluding hydrogens is 173 g/mol. The van der Waals surface area contributed by atoms with Crippen molar-refractivity contribution in [1.29, 1.82) is 0 Å². The van der Waals surface area contributed by atoms with Crippen LogP contribution in [0.5, 0.6) is 0 Å². The van der Waals surface area contributed by atoms with Crippen LogP contribution in [0, 0.1) is 0 Å². The Balaban J connectivity index is 0. The largest absolute Gasteiger partial charge is 1.00 e. The Labute approximate surface area is 83.6 Å². The summed E-state index contributed by atoms with van der Waals surface area (Å²) in [7, 11) is 0. The molecule has 0 spiro atoms. The maximum atomic E-state index is 9.73. The van der Waals surface area contributed by atoms with Crippen molar-refractivity contribution in [2.45, 2.75) is 5.50 Å². The van der Waals surface area contributed by atoms with Gasteiger partial charge in [0.15, 0.2) is 0 Å². The molecule has 48 valence electrons. The van der Waals surface area contributed by atoms with E-state index in [9.17, 15) is 8.76 Å². The van der Waals surface area contributed by atoms with E-state index in [0.29, 0.717) is 0 Å². The third-order valence-electron chi connectivity index (χ3n) is 0.416.